The molecule has 0 amide bonds. The molecule has 2 aromatic rings. The van der Waals surface area contributed by atoms with Crippen molar-refractivity contribution in [3.05, 3.63) is 59.9 Å². The fourth-order valence-corrected chi connectivity index (χ4v) is 2.74. The summed E-state index contributed by atoms with van der Waals surface area (Å²) in [6.07, 6.45) is 0. The zero-order valence-corrected chi connectivity index (χ0v) is 10.8. The molecule has 0 radical (unpaired) electrons. The van der Waals surface area contributed by atoms with Crippen molar-refractivity contribution in [3.63, 3.8) is 0 Å². The van der Waals surface area contributed by atoms with Crippen molar-refractivity contribution in [2.75, 3.05) is 5.73 Å². The molecule has 4 nitrogen and oxygen atoms in total. The van der Waals surface area contributed by atoms with E-state index >= 15 is 0 Å². The van der Waals surface area contributed by atoms with Crippen LogP contribution in [-0.4, -0.2) is 8.42 Å². The molecular weight excluding hydrogens is 267 g/mol. The van der Waals surface area contributed by atoms with Crippen molar-refractivity contribution in [2.45, 2.75) is 11.4 Å². The summed E-state index contributed by atoms with van der Waals surface area (Å²) in [5.74, 6) is -0.570. The molecule has 0 aliphatic heterocycles. The van der Waals surface area contributed by atoms with Crippen molar-refractivity contribution < 1.29 is 12.8 Å². The number of sulfonamides is 1. The van der Waals surface area contributed by atoms with Crippen LogP contribution in [0.25, 0.3) is 0 Å². The lowest BCUT2D eigenvalue weighted by Crippen LogP contribution is -2.24. The van der Waals surface area contributed by atoms with Gasteiger partial charge in [0.05, 0.1) is 5.69 Å². The topological polar surface area (TPSA) is 72.2 Å². The van der Waals surface area contributed by atoms with Crippen molar-refractivity contribution in [2.24, 2.45) is 0 Å². The number of nitrogens with one attached hydrogen (secondary N) is 1. The van der Waals surface area contributed by atoms with Crippen molar-refractivity contribution in [1.82, 2.24) is 4.72 Å². The summed E-state index contributed by atoms with van der Waals surface area (Å²) in [7, 11) is -3.75. The van der Waals surface area contributed by atoms with E-state index < -0.39 is 15.8 Å². The van der Waals surface area contributed by atoms with Crippen LogP contribution in [-0.2, 0) is 16.6 Å². The second-order valence-corrected chi connectivity index (χ2v) is 5.73. The van der Waals surface area contributed by atoms with Gasteiger partial charge in [-0.3, -0.25) is 0 Å². The highest BCUT2D eigenvalue weighted by atomic mass is 32.2. The Bertz CT molecular complexity index is 672. The molecule has 0 atom stereocenters. The number of hydrogen-bond acceptors (Lipinski definition) is 3. The molecule has 0 aromatic heterocycles. The summed E-state index contributed by atoms with van der Waals surface area (Å²) < 4.78 is 39.4. The van der Waals surface area contributed by atoms with Gasteiger partial charge in [-0.2, -0.15) is 0 Å². The minimum absolute atomic E-state index is 0.111. The zero-order valence-electron chi connectivity index (χ0n) is 10.0. The molecule has 100 valence electrons. The maximum Gasteiger partial charge on any atom is 0.242 e. The van der Waals surface area contributed by atoms with Crippen molar-refractivity contribution in [3.8, 4) is 0 Å². The second-order valence-electron chi connectivity index (χ2n) is 3.99. The van der Waals surface area contributed by atoms with Crippen LogP contribution in [0.3, 0.4) is 0 Å². The van der Waals surface area contributed by atoms with Crippen LogP contribution in [0.2, 0.25) is 0 Å². The lowest BCUT2D eigenvalue weighted by molar-refractivity contribution is 0.581. The standard InChI is InChI=1S/C13H13FN2O2S/c14-11-6-7-13(12(15)8-11)19(17,18)16-9-10-4-2-1-3-5-10/h1-8,16H,9,15H2. The normalized spacial score (nSPS) is 11.4. The third-order valence-corrected chi connectivity index (χ3v) is 4.05. The Morgan fingerprint density at radius 1 is 1.11 bits per heavy atom. The summed E-state index contributed by atoms with van der Waals surface area (Å²) >= 11 is 0. The SMILES string of the molecule is Nc1cc(F)ccc1S(=O)(=O)NCc1ccccc1. The number of nitrogens with two attached hydrogens (primary N) is 1. The third kappa shape index (κ3) is 3.30. The number of rotatable bonds is 4. The number of halogens is 1. The van der Waals surface area contributed by atoms with Gasteiger partial charge < -0.3 is 5.73 Å². The molecule has 2 rings (SSSR count). The van der Waals surface area contributed by atoms with Gasteiger partial charge in [0.1, 0.15) is 10.7 Å². The second kappa shape index (κ2) is 5.38. The van der Waals surface area contributed by atoms with E-state index in [2.05, 4.69) is 4.72 Å². The molecule has 0 aliphatic rings. The number of benzene rings is 2. The molecule has 0 heterocycles. The van der Waals surface area contributed by atoms with Crippen LogP contribution in [0.4, 0.5) is 10.1 Å². The van der Waals surface area contributed by atoms with Crippen LogP contribution < -0.4 is 10.5 Å². The number of anilines is 1. The van der Waals surface area contributed by atoms with E-state index in [0.717, 1.165) is 23.8 Å². The predicted molar refractivity (Wildman–Crippen MR) is 71.3 cm³/mol. The summed E-state index contributed by atoms with van der Waals surface area (Å²) in [6.45, 7) is 0.153. The molecular formula is C13H13FN2O2S. The minimum atomic E-state index is -3.75. The molecule has 3 N–H and O–H groups in total. The summed E-state index contributed by atoms with van der Waals surface area (Å²) in [5, 5.41) is 0. The van der Waals surface area contributed by atoms with Gasteiger partial charge >= 0.3 is 0 Å². The van der Waals surface area contributed by atoms with Crippen molar-refractivity contribution in [1.29, 1.82) is 0 Å². The van der Waals surface area contributed by atoms with Crippen LogP contribution in [0.5, 0.6) is 0 Å². The first-order valence-electron chi connectivity index (χ1n) is 5.58. The lowest BCUT2D eigenvalue weighted by atomic mass is 10.2. The quantitative estimate of drug-likeness (QED) is 0.840. The Hall–Kier alpha value is -1.92. The van der Waals surface area contributed by atoms with E-state index in [-0.39, 0.29) is 17.1 Å². The minimum Gasteiger partial charge on any atom is -0.398 e. The van der Waals surface area contributed by atoms with Gasteiger partial charge in [-0.1, -0.05) is 30.3 Å². The van der Waals surface area contributed by atoms with Crippen LogP contribution >= 0.6 is 0 Å². The average molecular weight is 280 g/mol. The Morgan fingerprint density at radius 3 is 2.42 bits per heavy atom. The van der Waals surface area contributed by atoms with Crippen LogP contribution in [0, 0.1) is 5.82 Å². The van der Waals surface area contributed by atoms with E-state index in [1.54, 1.807) is 12.1 Å². The molecule has 0 saturated carbocycles. The Morgan fingerprint density at radius 2 is 1.79 bits per heavy atom. The average Bonchev–Trinajstić information content (AvgIpc) is 2.37. The summed E-state index contributed by atoms with van der Waals surface area (Å²) in [6, 6.07) is 12.3. The first-order valence-corrected chi connectivity index (χ1v) is 7.06. The van der Waals surface area contributed by atoms with Gasteiger partial charge in [-0.25, -0.2) is 17.5 Å². The maximum atomic E-state index is 12.9. The summed E-state index contributed by atoms with van der Waals surface area (Å²) in [5.41, 5.74) is 6.23. The van der Waals surface area contributed by atoms with Crippen LogP contribution in [0.15, 0.2) is 53.4 Å². The molecule has 0 bridgehead atoms. The maximum absolute atomic E-state index is 12.9. The highest BCUT2D eigenvalue weighted by molar-refractivity contribution is 7.89. The molecule has 0 fully saturated rings. The highest BCUT2D eigenvalue weighted by Crippen LogP contribution is 2.19. The Labute approximate surface area is 111 Å². The van der Waals surface area contributed by atoms with Gasteiger partial charge in [-0.15, -0.1) is 0 Å². The molecule has 0 unspecified atom stereocenters. The Balaban J connectivity index is 2.19. The zero-order chi connectivity index (χ0) is 13.9. The number of hydrogen-bond donors (Lipinski definition) is 2. The molecule has 0 spiro atoms. The van der Waals surface area contributed by atoms with Gasteiger partial charge in [-0.05, 0) is 23.8 Å². The van der Waals surface area contributed by atoms with E-state index in [1.165, 1.54) is 0 Å². The van der Waals surface area contributed by atoms with Crippen LogP contribution in [0.1, 0.15) is 5.56 Å². The first-order chi connectivity index (χ1) is 8.99. The van der Waals surface area contributed by atoms with Gasteiger partial charge in [0.15, 0.2) is 0 Å². The summed E-state index contributed by atoms with van der Waals surface area (Å²) in [4.78, 5) is -0.121. The monoisotopic (exact) mass is 280 g/mol. The van der Waals surface area contributed by atoms with E-state index in [4.69, 9.17) is 5.73 Å². The highest BCUT2D eigenvalue weighted by Gasteiger charge is 2.17. The molecule has 0 saturated heterocycles. The van der Waals surface area contributed by atoms with E-state index in [1.807, 2.05) is 18.2 Å². The first kappa shape index (κ1) is 13.5. The molecule has 2 aromatic carbocycles. The largest absolute Gasteiger partial charge is 0.398 e. The van der Waals surface area contributed by atoms with Gasteiger partial charge in [0, 0.05) is 6.54 Å². The smallest absolute Gasteiger partial charge is 0.242 e. The Kier molecular flexibility index (Phi) is 3.82. The van der Waals surface area contributed by atoms with Crippen molar-refractivity contribution >= 4 is 15.7 Å². The fraction of sp³-hybridized carbons (Fsp3) is 0.0769. The lowest BCUT2D eigenvalue weighted by Gasteiger charge is -2.09. The van der Waals surface area contributed by atoms with E-state index in [9.17, 15) is 12.8 Å². The van der Waals surface area contributed by atoms with Gasteiger partial charge in [0.25, 0.3) is 0 Å². The molecule has 19 heavy (non-hydrogen) atoms. The predicted octanol–water partition coefficient (Wildman–Crippen LogP) is 1.89. The fourth-order valence-electron chi connectivity index (χ4n) is 1.62. The van der Waals surface area contributed by atoms with E-state index in [0.29, 0.717) is 0 Å². The third-order valence-electron chi connectivity index (χ3n) is 2.57. The number of nitrogen functional groups attached to an aromatic ring is 1. The van der Waals surface area contributed by atoms with Gasteiger partial charge in [0.2, 0.25) is 10.0 Å². The molecule has 0 aliphatic carbocycles. The molecule has 6 heteroatoms.